The Morgan fingerprint density at radius 2 is 2.00 bits per heavy atom. The van der Waals surface area contributed by atoms with Crippen molar-refractivity contribution in [3.05, 3.63) is 58.0 Å². The maximum Gasteiger partial charge on any atom is 0.269 e. The summed E-state index contributed by atoms with van der Waals surface area (Å²) in [6, 6.07) is 5.01. The maximum absolute atomic E-state index is 10.8. The van der Waals surface area contributed by atoms with Crippen molar-refractivity contribution in [2.24, 2.45) is 0 Å². The SMILES string of the molecule is C=C[C](C)c1cc([N+](=O)[O-])ccc1C(C)(C)C. The minimum atomic E-state index is -0.369. The van der Waals surface area contributed by atoms with Gasteiger partial charge >= 0.3 is 0 Å². The Morgan fingerprint density at radius 3 is 2.41 bits per heavy atom. The van der Waals surface area contributed by atoms with Gasteiger partial charge in [-0.25, -0.2) is 0 Å². The van der Waals surface area contributed by atoms with Gasteiger partial charge in [-0.2, -0.15) is 0 Å². The van der Waals surface area contributed by atoms with E-state index in [1.807, 2.05) is 13.0 Å². The number of nitrogens with zero attached hydrogens (tertiary/aromatic N) is 1. The molecule has 1 aromatic rings. The molecule has 3 heteroatoms. The zero-order valence-electron chi connectivity index (χ0n) is 10.8. The van der Waals surface area contributed by atoms with E-state index in [2.05, 4.69) is 27.4 Å². The molecule has 0 heterocycles. The Bertz CT molecular complexity index is 444. The lowest BCUT2D eigenvalue weighted by molar-refractivity contribution is -0.384. The van der Waals surface area contributed by atoms with Crippen LogP contribution in [0.3, 0.4) is 0 Å². The lowest BCUT2D eigenvalue weighted by atomic mass is 9.80. The van der Waals surface area contributed by atoms with E-state index in [0.717, 1.165) is 17.0 Å². The van der Waals surface area contributed by atoms with Crippen LogP contribution in [0.25, 0.3) is 0 Å². The van der Waals surface area contributed by atoms with Gasteiger partial charge in [0.15, 0.2) is 0 Å². The highest BCUT2D eigenvalue weighted by atomic mass is 16.6. The van der Waals surface area contributed by atoms with Gasteiger partial charge in [-0.1, -0.05) is 39.8 Å². The molecule has 0 saturated carbocycles. The van der Waals surface area contributed by atoms with Crippen LogP contribution in [-0.4, -0.2) is 4.92 Å². The third kappa shape index (κ3) is 2.93. The van der Waals surface area contributed by atoms with Crippen molar-refractivity contribution in [1.29, 1.82) is 0 Å². The van der Waals surface area contributed by atoms with Crippen LogP contribution in [0.5, 0.6) is 0 Å². The smallest absolute Gasteiger partial charge is 0.258 e. The van der Waals surface area contributed by atoms with Crippen molar-refractivity contribution in [3.8, 4) is 0 Å². The molecule has 0 aliphatic heterocycles. The predicted molar refractivity (Wildman–Crippen MR) is 70.0 cm³/mol. The lowest BCUT2D eigenvalue weighted by Gasteiger charge is -2.24. The Hall–Kier alpha value is -1.64. The first-order valence-corrected chi connectivity index (χ1v) is 5.52. The van der Waals surface area contributed by atoms with E-state index in [4.69, 9.17) is 0 Å². The first-order valence-electron chi connectivity index (χ1n) is 5.52. The summed E-state index contributed by atoms with van der Waals surface area (Å²) in [5.41, 5.74) is 2.07. The predicted octanol–water partition coefficient (Wildman–Crippen LogP) is 4.02. The van der Waals surface area contributed by atoms with Crippen molar-refractivity contribution in [1.82, 2.24) is 0 Å². The molecular weight excluding hydrogens is 214 g/mol. The van der Waals surface area contributed by atoms with Gasteiger partial charge in [0.05, 0.1) is 4.92 Å². The first kappa shape index (κ1) is 13.4. The third-order valence-electron chi connectivity index (χ3n) is 2.75. The summed E-state index contributed by atoms with van der Waals surface area (Å²) in [5.74, 6) is 0.957. The number of rotatable bonds is 3. The Labute approximate surface area is 102 Å². The summed E-state index contributed by atoms with van der Waals surface area (Å²) in [4.78, 5) is 10.4. The van der Waals surface area contributed by atoms with Crippen LogP contribution < -0.4 is 0 Å². The molecule has 0 bridgehead atoms. The van der Waals surface area contributed by atoms with E-state index < -0.39 is 0 Å². The molecule has 0 N–H and O–H groups in total. The van der Waals surface area contributed by atoms with E-state index in [1.54, 1.807) is 18.2 Å². The highest BCUT2D eigenvalue weighted by molar-refractivity contribution is 5.50. The Morgan fingerprint density at radius 1 is 1.41 bits per heavy atom. The standard InChI is InChI=1S/C14H18NO2/c1-6-10(2)12-9-11(15(16)17)7-8-13(12)14(3,4)5/h6-9H,1H2,2-5H3. The summed E-state index contributed by atoms with van der Waals surface area (Å²) < 4.78 is 0. The van der Waals surface area contributed by atoms with E-state index in [1.165, 1.54) is 0 Å². The molecule has 0 aromatic heterocycles. The molecule has 17 heavy (non-hydrogen) atoms. The molecule has 0 unspecified atom stereocenters. The number of nitro groups is 1. The minimum absolute atomic E-state index is 0.0469. The molecule has 1 radical (unpaired) electrons. The van der Waals surface area contributed by atoms with Crippen LogP contribution in [0, 0.1) is 16.0 Å². The molecule has 0 spiro atoms. The molecule has 0 aliphatic rings. The van der Waals surface area contributed by atoms with Gasteiger partial charge in [0, 0.05) is 18.1 Å². The summed E-state index contributed by atoms with van der Waals surface area (Å²) in [6.45, 7) is 11.9. The summed E-state index contributed by atoms with van der Waals surface area (Å²) in [6.07, 6.45) is 1.73. The van der Waals surface area contributed by atoms with Gasteiger partial charge in [-0.3, -0.25) is 10.1 Å². The van der Waals surface area contributed by atoms with Gasteiger partial charge in [-0.05, 0) is 16.5 Å². The summed E-state index contributed by atoms with van der Waals surface area (Å²) >= 11 is 0. The number of benzene rings is 1. The summed E-state index contributed by atoms with van der Waals surface area (Å²) in [5, 5.41) is 10.8. The normalized spacial score (nSPS) is 11.6. The van der Waals surface area contributed by atoms with Crippen molar-refractivity contribution >= 4 is 5.69 Å². The van der Waals surface area contributed by atoms with Crippen LogP contribution in [0.4, 0.5) is 5.69 Å². The van der Waals surface area contributed by atoms with Crippen LogP contribution in [0.15, 0.2) is 30.9 Å². The molecule has 0 atom stereocenters. The lowest BCUT2D eigenvalue weighted by Crippen LogP contribution is -2.15. The zero-order valence-corrected chi connectivity index (χ0v) is 10.8. The Kier molecular flexibility index (Phi) is 3.71. The molecular formula is C14H18NO2. The molecule has 91 valence electrons. The van der Waals surface area contributed by atoms with Gasteiger partial charge in [0.25, 0.3) is 5.69 Å². The van der Waals surface area contributed by atoms with Crippen LogP contribution in [0.2, 0.25) is 0 Å². The number of non-ortho nitro benzene ring substituents is 1. The van der Waals surface area contributed by atoms with Crippen molar-refractivity contribution < 1.29 is 4.92 Å². The molecule has 1 aromatic carbocycles. The average molecular weight is 232 g/mol. The third-order valence-corrected chi connectivity index (χ3v) is 2.75. The van der Waals surface area contributed by atoms with Gasteiger partial charge in [0.1, 0.15) is 0 Å². The number of allylic oxidation sites excluding steroid dienone is 1. The van der Waals surface area contributed by atoms with Crippen molar-refractivity contribution in [2.75, 3.05) is 0 Å². The van der Waals surface area contributed by atoms with E-state index in [-0.39, 0.29) is 16.0 Å². The molecule has 0 fully saturated rings. The fourth-order valence-corrected chi connectivity index (χ4v) is 1.74. The molecule has 0 amide bonds. The van der Waals surface area contributed by atoms with E-state index in [9.17, 15) is 10.1 Å². The second-order valence-corrected chi connectivity index (χ2v) is 5.12. The summed E-state index contributed by atoms with van der Waals surface area (Å²) in [7, 11) is 0. The van der Waals surface area contributed by atoms with E-state index >= 15 is 0 Å². The van der Waals surface area contributed by atoms with Crippen LogP contribution in [-0.2, 0) is 5.41 Å². The highest BCUT2D eigenvalue weighted by Gasteiger charge is 2.22. The molecule has 0 saturated heterocycles. The highest BCUT2D eigenvalue weighted by Crippen LogP contribution is 2.33. The quantitative estimate of drug-likeness (QED) is 0.583. The van der Waals surface area contributed by atoms with Crippen LogP contribution in [0.1, 0.15) is 38.8 Å². The first-order chi connectivity index (χ1) is 7.77. The van der Waals surface area contributed by atoms with Gasteiger partial charge < -0.3 is 0 Å². The van der Waals surface area contributed by atoms with Crippen LogP contribution >= 0.6 is 0 Å². The largest absolute Gasteiger partial charge is 0.269 e. The van der Waals surface area contributed by atoms with Crippen molar-refractivity contribution in [3.63, 3.8) is 0 Å². The number of nitro benzene ring substituents is 1. The second-order valence-electron chi connectivity index (χ2n) is 5.12. The molecule has 0 aliphatic carbocycles. The number of hydrogen-bond acceptors (Lipinski definition) is 2. The monoisotopic (exact) mass is 232 g/mol. The molecule has 1 rings (SSSR count). The number of hydrogen-bond donors (Lipinski definition) is 0. The average Bonchev–Trinajstić information content (AvgIpc) is 2.25. The molecule has 3 nitrogen and oxygen atoms in total. The minimum Gasteiger partial charge on any atom is -0.258 e. The fourth-order valence-electron chi connectivity index (χ4n) is 1.74. The zero-order chi connectivity index (χ0) is 13.2. The van der Waals surface area contributed by atoms with Gasteiger partial charge in [0.2, 0.25) is 0 Å². The fraction of sp³-hybridized carbons (Fsp3) is 0.357. The topological polar surface area (TPSA) is 43.1 Å². The Balaban J connectivity index is 3.42. The van der Waals surface area contributed by atoms with Crippen molar-refractivity contribution in [2.45, 2.75) is 33.1 Å². The second kappa shape index (κ2) is 4.70. The maximum atomic E-state index is 10.8. The van der Waals surface area contributed by atoms with E-state index in [0.29, 0.717) is 0 Å². The van der Waals surface area contributed by atoms with Gasteiger partial charge in [-0.15, -0.1) is 6.58 Å².